The van der Waals surface area contributed by atoms with Crippen molar-refractivity contribution in [1.29, 1.82) is 0 Å². The summed E-state index contributed by atoms with van der Waals surface area (Å²) in [6.45, 7) is 4.45. The van der Waals surface area contributed by atoms with Crippen molar-refractivity contribution in [3.63, 3.8) is 0 Å². The van der Waals surface area contributed by atoms with Crippen LogP contribution in [-0.4, -0.2) is 11.7 Å². The molecule has 1 N–H and O–H groups in total. The van der Waals surface area contributed by atoms with Crippen LogP contribution in [0.3, 0.4) is 0 Å². The molecule has 1 aromatic heterocycles. The van der Waals surface area contributed by atoms with E-state index in [0.29, 0.717) is 6.61 Å². The van der Waals surface area contributed by atoms with E-state index in [1.54, 1.807) is 11.3 Å². The highest BCUT2D eigenvalue weighted by molar-refractivity contribution is 7.19. The minimum absolute atomic E-state index is 0.645. The first kappa shape index (κ1) is 14.1. The zero-order valence-corrected chi connectivity index (χ0v) is 13.0. The van der Waals surface area contributed by atoms with Crippen LogP contribution in [0.15, 0.2) is 54.6 Å². The molecule has 0 aliphatic rings. The van der Waals surface area contributed by atoms with Gasteiger partial charge in [-0.3, -0.25) is 0 Å². The summed E-state index contributed by atoms with van der Waals surface area (Å²) in [5, 5.41) is 12.1. The van der Waals surface area contributed by atoms with E-state index in [9.17, 15) is 5.11 Å². The standard InChI is InChI=1S/C18H18O2S/c1-3-20-15-10-8-14(9-11-15)18(2,19)17-12-13-6-4-5-7-16(13)21-17/h4-12,19H,3H2,1-2H3. The minimum Gasteiger partial charge on any atom is -0.494 e. The van der Waals surface area contributed by atoms with Gasteiger partial charge in [-0.05, 0) is 49.1 Å². The zero-order chi connectivity index (χ0) is 14.9. The van der Waals surface area contributed by atoms with Crippen LogP contribution < -0.4 is 4.74 Å². The lowest BCUT2D eigenvalue weighted by molar-refractivity contribution is 0.106. The largest absolute Gasteiger partial charge is 0.494 e. The Morgan fingerprint density at radius 2 is 1.81 bits per heavy atom. The summed E-state index contributed by atoms with van der Waals surface area (Å²) in [4.78, 5) is 0.952. The summed E-state index contributed by atoms with van der Waals surface area (Å²) in [6.07, 6.45) is 0. The lowest BCUT2D eigenvalue weighted by Crippen LogP contribution is -2.21. The third kappa shape index (κ3) is 2.67. The van der Waals surface area contributed by atoms with Crippen LogP contribution in [0.5, 0.6) is 5.75 Å². The van der Waals surface area contributed by atoms with E-state index < -0.39 is 5.60 Å². The first-order chi connectivity index (χ1) is 10.1. The van der Waals surface area contributed by atoms with Crippen molar-refractivity contribution in [2.45, 2.75) is 19.4 Å². The minimum atomic E-state index is -0.992. The Labute approximate surface area is 128 Å². The van der Waals surface area contributed by atoms with Crippen molar-refractivity contribution in [2.75, 3.05) is 6.61 Å². The summed E-state index contributed by atoms with van der Waals surface area (Å²) in [7, 11) is 0. The summed E-state index contributed by atoms with van der Waals surface area (Å²) < 4.78 is 6.64. The molecule has 21 heavy (non-hydrogen) atoms. The summed E-state index contributed by atoms with van der Waals surface area (Å²) in [6, 6.07) is 17.9. The van der Waals surface area contributed by atoms with Gasteiger partial charge in [0.2, 0.25) is 0 Å². The second-order valence-electron chi connectivity index (χ2n) is 5.18. The first-order valence-electron chi connectivity index (χ1n) is 7.06. The molecule has 2 nitrogen and oxygen atoms in total. The first-order valence-corrected chi connectivity index (χ1v) is 7.87. The molecule has 2 aromatic carbocycles. The molecule has 1 unspecified atom stereocenters. The predicted octanol–water partition coefficient (Wildman–Crippen LogP) is 4.56. The lowest BCUT2D eigenvalue weighted by atomic mass is 9.94. The number of hydrogen-bond donors (Lipinski definition) is 1. The van der Waals surface area contributed by atoms with Gasteiger partial charge in [0.15, 0.2) is 0 Å². The van der Waals surface area contributed by atoms with E-state index in [1.807, 2.05) is 50.2 Å². The van der Waals surface area contributed by atoms with E-state index >= 15 is 0 Å². The smallest absolute Gasteiger partial charge is 0.121 e. The summed E-state index contributed by atoms with van der Waals surface area (Å²) in [5.74, 6) is 0.827. The Kier molecular flexibility index (Phi) is 3.70. The van der Waals surface area contributed by atoms with Gasteiger partial charge in [-0.15, -0.1) is 11.3 Å². The van der Waals surface area contributed by atoms with Crippen molar-refractivity contribution in [1.82, 2.24) is 0 Å². The molecular formula is C18H18O2S. The van der Waals surface area contributed by atoms with Crippen molar-refractivity contribution in [3.8, 4) is 5.75 Å². The van der Waals surface area contributed by atoms with Crippen molar-refractivity contribution in [3.05, 3.63) is 65.0 Å². The molecule has 0 aliphatic heterocycles. The predicted molar refractivity (Wildman–Crippen MR) is 88.1 cm³/mol. The third-order valence-corrected chi connectivity index (χ3v) is 4.96. The Hall–Kier alpha value is -1.84. The van der Waals surface area contributed by atoms with Crippen LogP contribution in [-0.2, 0) is 5.60 Å². The van der Waals surface area contributed by atoms with Gasteiger partial charge < -0.3 is 9.84 Å². The quantitative estimate of drug-likeness (QED) is 0.765. The number of fused-ring (bicyclic) bond motifs is 1. The van der Waals surface area contributed by atoms with Crippen LogP contribution in [0.1, 0.15) is 24.3 Å². The van der Waals surface area contributed by atoms with Gasteiger partial charge in [-0.2, -0.15) is 0 Å². The topological polar surface area (TPSA) is 29.5 Å². The molecule has 0 amide bonds. The Balaban J connectivity index is 1.98. The van der Waals surface area contributed by atoms with E-state index in [0.717, 1.165) is 16.2 Å². The number of benzene rings is 2. The molecule has 108 valence electrons. The Morgan fingerprint density at radius 1 is 1.10 bits per heavy atom. The highest BCUT2D eigenvalue weighted by atomic mass is 32.1. The maximum Gasteiger partial charge on any atom is 0.121 e. The average molecular weight is 298 g/mol. The molecule has 0 aliphatic carbocycles. The third-order valence-electron chi connectivity index (χ3n) is 3.63. The monoisotopic (exact) mass is 298 g/mol. The van der Waals surface area contributed by atoms with Gasteiger partial charge in [-0.1, -0.05) is 30.3 Å². The van der Waals surface area contributed by atoms with Crippen molar-refractivity contribution < 1.29 is 9.84 Å². The van der Waals surface area contributed by atoms with Crippen LogP contribution in [0.2, 0.25) is 0 Å². The number of thiophene rings is 1. The fraction of sp³-hybridized carbons (Fsp3) is 0.222. The van der Waals surface area contributed by atoms with E-state index in [4.69, 9.17) is 4.74 Å². The number of ether oxygens (including phenoxy) is 1. The molecule has 0 saturated carbocycles. The van der Waals surface area contributed by atoms with Crippen molar-refractivity contribution >= 4 is 21.4 Å². The second-order valence-corrected chi connectivity index (χ2v) is 6.26. The van der Waals surface area contributed by atoms with Crippen LogP contribution in [0, 0.1) is 0 Å². The van der Waals surface area contributed by atoms with Crippen LogP contribution >= 0.6 is 11.3 Å². The molecule has 1 atom stereocenters. The van der Waals surface area contributed by atoms with Gasteiger partial charge >= 0.3 is 0 Å². The lowest BCUT2D eigenvalue weighted by Gasteiger charge is -2.22. The van der Waals surface area contributed by atoms with Crippen molar-refractivity contribution in [2.24, 2.45) is 0 Å². The average Bonchev–Trinajstić information content (AvgIpc) is 2.93. The molecular weight excluding hydrogens is 280 g/mol. The molecule has 0 radical (unpaired) electrons. The molecule has 1 heterocycles. The molecule has 0 spiro atoms. The molecule has 3 rings (SSSR count). The van der Waals surface area contributed by atoms with Gasteiger partial charge in [-0.25, -0.2) is 0 Å². The van der Waals surface area contributed by atoms with Crippen LogP contribution in [0.25, 0.3) is 10.1 Å². The van der Waals surface area contributed by atoms with Crippen LogP contribution in [0.4, 0.5) is 0 Å². The van der Waals surface area contributed by atoms with Gasteiger partial charge in [0.05, 0.1) is 6.61 Å². The highest BCUT2D eigenvalue weighted by Crippen LogP contribution is 2.37. The fourth-order valence-corrected chi connectivity index (χ4v) is 3.54. The van der Waals surface area contributed by atoms with Gasteiger partial charge in [0.1, 0.15) is 11.4 Å². The Bertz CT molecular complexity index is 708. The fourth-order valence-electron chi connectivity index (χ4n) is 2.41. The molecule has 0 fully saturated rings. The van der Waals surface area contributed by atoms with Gasteiger partial charge in [0, 0.05) is 9.58 Å². The maximum absolute atomic E-state index is 10.9. The maximum atomic E-state index is 10.9. The molecule has 3 aromatic rings. The Morgan fingerprint density at radius 3 is 2.48 bits per heavy atom. The molecule has 0 saturated heterocycles. The van der Waals surface area contributed by atoms with Gasteiger partial charge in [0.25, 0.3) is 0 Å². The van der Waals surface area contributed by atoms with E-state index in [-0.39, 0.29) is 0 Å². The van der Waals surface area contributed by atoms with E-state index in [1.165, 1.54) is 10.1 Å². The number of rotatable bonds is 4. The molecule has 0 bridgehead atoms. The second kappa shape index (κ2) is 5.51. The number of hydrogen-bond acceptors (Lipinski definition) is 3. The molecule has 3 heteroatoms. The normalized spacial score (nSPS) is 14.0. The number of aliphatic hydroxyl groups is 1. The summed E-state index contributed by atoms with van der Waals surface area (Å²) in [5.41, 5.74) is -0.119. The highest BCUT2D eigenvalue weighted by Gasteiger charge is 2.27. The van der Waals surface area contributed by atoms with E-state index in [2.05, 4.69) is 18.2 Å². The summed E-state index contributed by atoms with van der Waals surface area (Å²) >= 11 is 1.63. The zero-order valence-electron chi connectivity index (χ0n) is 12.2. The SMILES string of the molecule is CCOc1ccc(C(C)(O)c2cc3ccccc3s2)cc1.